The van der Waals surface area contributed by atoms with Crippen molar-refractivity contribution in [3.05, 3.63) is 11.6 Å². The van der Waals surface area contributed by atoms with Crippen molar-refractivity contribution in [1.29, 1.82) is 0 Å². The van der Waals surface area contributed by atoms with E-state index in [2.05, 4.69) is 33.9 Å². The first-order valence-electron chi connectivity index (χ1n) is 6.39. The lowest BCUT2D eigenvalue weighted by molar-refractivity contribution is 0.521. The summed E-state index contributed by atoms with van der Waals surface area (Å²) in [5, 5.41) is 12.0. The Morgan fingerprint density at radius 1 is 1.25 bits per heavy atom. The van der Waals surface area contributed by atoms with E-state index < -0.39 is 0 Å². The zero-order chi connectivity index (χ0) is 11.4. The summed E-state index contributed by atoms with van der Waals surface area (Å²) in [7, 11) is 0. The van der Waals surface area contributed by atoms with Crippen molar-refractivity contribution in [2.24, 2.45) is 5.92 Å². The monoisotopic (exact) mass is 222 g/mol. The van der Waals surface area contributed by atoms with Crippen LogP contribution in [0.5, 0.6) is 0 Å². The van der Waals surface area contributed by atoms with Gasteiger partial charge in [0.1, 0.15) is 11.6 Å². The predicted molar refractivity (Wildman–Crippen MR) is 64.1 cm³/mol. The standard InChI is InChI=1S/C12H22N4/c1-10(2)8-13-9-12-15-14-11-6-4-3-5-7-16(11)12/h10,13H,3-9H2,1-2H3. The van der Waals surface area contributed by atoms with Crippen LogP contribution < -0.4 is 5.32 Å². The van der Waals surface area contributed by atoms with Crippen molar-refractivity contribution in [2.45, 2.75) is 52.6 Å². The van der Waals surface area contributed by atoms with Crippen molar-refractivity contribution < 1.29 is 0 Å². The molecular formula is C12H22N4. The van der Waals surface area contributed by atoms with Crippen LogP contribution in [0.3, 0.4) is 0 Å². The minimum atomic E-state index is 0.687. The lowest BCUT2D eigenvalue weighted by Crippen LogP contribution is -2.21. The molecule has 2 heterocycles. The van der Waals surface area contributed by atoms with Gasteiger partial charge in [-0.3, -0.25) is 0 Å². The quantitative estimate of drug-likeness (QED) is 0.844. The van der Waals surface area contributed by atoms with Crippen molar-refractivity contribution in [3.8, 4) is 0 Å². The Morgan fingerprint density at radius 3 is 2.94 bits per heavy atom. The normalized spacial score (nSPS) is 16.2. The van der Waals surface area contributed by atoms with Crippen molar-refractivity contribution in [2.75, 3.05) is 6.54 Å². The average molecular weight is 222 g/mol. The van der Waals surface area contributed by atoms with Gasteiger partial charge in [0, 0.05) is 13.0 Å². The fraction of sp³-hybridized carbons (Fsp3) is 0.833. The molecule has 1 aromatic rings. The zero-order valence-electron chi connectivity index (χ0n) is 10.4. The van der Waals surface area contributed by atoms with Gasteiger partial charge in [0.2, 0.25) is 0 Å². The molecule has 4 heteroatoms. The Balaban J connectivity index is 1.96. The highest BCUT2D eigenvalue weighted by atomic mass is 15.3. The molecular weight excluding hydrogens is 200 g/mol. The lowest BCUT2D eigenvalue weighted by Gasteiger charge is -2.09. The molecule has 0 radical (unpaired) electrons. The molecule has 0 unspecified atom stereocenters. The van der Waals surface area contributed by atoms with Crippen molar-refractivity contribution in [3.63, 3.8) is 0 Å². The second kappa shape index (κ2) is 5.43. The number of aryl methyl sites for hydroxylation is 1. The summed E-state index contributed by atoms with van der Waals surface area (Å²) in [5.74, 6) is 2.97. The third kappa shape index (κ3) is 2.82. The van der Waals surface area contributed by atoms with Gasteiger partial charge < -0.3 is 9.88 Å². The maximum atomic E-state index is 4.29. The molecule has 0 aliphatic carbocycles. The Labute approximate surface area is 97.5 Å². The van der Waals surface area contributed by atoms with E-state index >= 15 is 0 Å². The fourth-order valence-corrected chi connectivity index (χ4v) is 2.15. The van der Waals surface area contributed by atoms with Crippen LogP contribution in [-0.4, -0.2) is 21.3 Å². The van der Waals surface area contributed by atoms with Crippen LogP contribution in [0.25, 0.3) is 0 Å². The Bertz CT molecular complexity index is 330. The molecule has 4 nitrogen and oxygen atoms in total. The Kier molecular flexibility index (Phi) is 3.93. The number of hydrogen-bond acceptors (Lipinski definition) is 3. The van der Waals surface area contributed by atoms with E-state index in [0.29, 0.717) is 5.92 Å². The molecule has 1 N–H and O–H groups in total. The lowest BCUT2D eigenvalue weighted by atomic mass is 10.2. The summed E-state index contributed by atoms with van der Waals surface area (Å²) in [5.41, 5.74) is 0. The van der Waals surface area contributed by atoms with E-state index in [1.165, 1.54) is 25.1 Å². The number of nitrogens with one attached hydrogen (secondary N) is 1. The van der Waals surface area contributed by atoms with Crippen molar-refractivity contribution in [1.82, 2.24) is 20.1 Å². The summed E-state index contributed by atoms with van der Waals surface area (Å²) in [6.07, 6.45) is 4.94. The molecule has 0 fully saturated rings. The molecule has 1 aromatic heterocycles. The molecule has 0 amide bonds. The van der Waals surface area contributed by atoms with Gasteiger partial charge in [0.05, 0.1) is 6.54 Å². The molecule has 2 rings (SSSR count). The zero-order valence-corrected chi connectivity index (χ0v) is 10.4. The number of nitrogens with zero attached hydrogens (tertiary/aromatic N) is 3. The van der Waals surface area contributed by atoms with Gasteiger partial charge in [-0.05, 0) is 25.3 Å². The van der Waals surface area contributed by atoms with E-state index in [9.17, 15) is 0 Å². The van der Waals surface area contributed by atoms with E-state index in [0.717, 1.165) is 31.9 Å². The van der Waals surface area contributed by atoms with Crippen molar-refractivity contribution >= 4 is 0 Å². The summed E-state index contributed by atoms with van der Waals surface area (Å²) in [6, 6.07) is 0. The van der Waals surface area contributed by atoms with Gasteiger partial charge in [-0.2, -0.15) is 0 Å². The molecule has 0 saturated carbocycles. The highest BCUT2D eigenvalue weighted by Gasteiger charge is 2.13. The number of rotatable bonds is 4. The maximum Gasteiger partial charge on any atom is 0.147 e. The van der Waals surface area contributed by atoms with Gasteiger partial charge >= 0.3 is 0 Å². The maximum absolute atomic E-state index is 4.29. The molecule has 16 heavy (non-hydrogen) atoms. The van der Waals surface area contributed by atoms with E-state index in [-0.39, 0.29) is 0 Å². The first-order valence-corrected chi connectivity index (χ1v) is 6.39. The van der Waals surface area contributed by atoms with Gasteiger partial charge in [0.15, 0.2) is 0 Å². The van der Waals surface area contributed by atoms with E-state index in [4.69, 9.17) is 0 Å². The first-order chi connectivity index (χ1) is 7.77. The van der Waals surface area contributed by atoms with Crippen LogP contribution in [0.1, 0.15) is 44.8 Å². The Morgan fingerprint density at radius 2 is 2.12 bits per heavy atom. The van der Waals surface area contributed by atoms with Crippen LogP contribution in [0.4, 0.5) is 0 Å². The van der Waals surface area contributed by atoms with E-state index in [1.54, 1.807) is 0 Å². The highest BCUT2D eigenvalue weighted by Crippen LogP contribution is 2.14. The highest BCUT2D eigenvalue weighted by molar-refractivity contribution is 4.97. The fourth-order valence-electron chi connectivity index (χ4n) is 2.15. The molecule has 1 aliphatic rings. The first kappa shape index (κ1) is 11.6. The van der Waals surface area contributed by atoms with E-state index in [1.807, 2.05) is 0 Å². The van der Waals surface area contributed by atoms with Crippen LogP contribution in [0, 0.1) is 5.92 Å². The molecule has 0 bridgehead atoms. The number of hydrogen-bond donors (Lipinski definition) is 1. The van der Waals surface area contributed by atoms with Crippen LogP contribution >= 0.6 is 0 Å². The third-order valence-electron chi connectivity index (χ3n) is 3.02. The van der Waals surface area contributed by atoms with Gasteiger partial charge in [-0.15, -0.1) is 10.2 Å². The van der Waals surface area contributed by atoms with Crippen LogP contribution in [0.15, 0.2) is 0 Å². The SMILES string of the molecule is CC(C)CNCc1nnc2n1CCCCC2. The third-order valence-corrected chi connectivity index (χ3v) is 3.02. The van der Waals surface area contributed by atoms with Gasteiger partial charge in [-0.25, -0.2) is 0 Å². The second-order valence-corrected chi connectivity index (χ2v) is 5.02. The molecule has 0 aromatic carbocycles. The van der Waals surface area contributed by atoms with Crippen LogP contribution in [0.2, 0.25) is 0 Å². The summed E-state index contributed by atoms with van der Waals surface area (Å²) in [6.45, 7) is 7.43. The van der Waals surface area contributed by atoms with Crippen LogP contribution in [-0.2, 0) is 19.5 Å². The summed E-state index contributed by atoms with van der Waals surface area (Å²) in [4.78, 5) is 0. The largest absolute Gasteiger partial charge is 0.314 e. The molecule has 1 aliphatic heterocycles. The second-order valence-electron chi connectivity index (χ2n) is 5.02. The topological polar surface area (TPSA) is 42.7 Å². The number of fused-ring (bicyclic) bond motifs is 1. The molecule has 0 spiro atoms. The number of aromatic nitrogens is 3. The minimum Gasteiger partial charge on any atom is -0.314 e. The molecule has 0 saturated heterocycles. The summed E-state index contributed by atoms with van der Waals surface area (Å²) < 4.78 is 2.31. The average Bonchev–Trinajstić information content (AvgIpc) is 2.49. The summed E-state index contributed by atoms with van der Waals surface area (Å²) >= 11 is 0. The molecule has 0 atom stereocenters. The predicted octanol–water partition coefficient (Wildman–Crippen LogP) is 1.75. The van der Waals surface area contributed by atoms with Gasteiger partial charge in [0.25, 0.3) is 0 Å². The minimum absolute atomic E-state index is 0.687. The van der Waals surface area contributed by atoms with Gasteiger partial charge in [-0.1, -0.05) is 20.3 Å². The Hall–Kier alpha value is -0.900. The smallest absolute Gasteiger partial charge is 0.147 e. The molecule has 90 valence electrons.